The van der Waals surface area contributed by atoms with Gasteiger partial charge in [-0.2, -0.15) is 5.10 Å². The molecule has 2 aromatic heterocycles. The summed E-state index contributed by atoms with van der Waals surface area (Å²) >= 11 is 0. The number of likely N-dealkylation sites (tertiary alicyclic amines) is 1. The Morgan fingerprint density at radius 3 is 2.74 bits per heavy atom. The zero-order chi connectivity index (χ0) is 27.0. The summed E-state index contributed by atoms with van der Waals surface area (Å²) in [5, 5.41) is 13.0. The monoisotopic (exact) mass is 518 g/mol. The first-order chi connectivity index (χ1) is 18.2. The zero-order valence-electron chi connectivity index (χ0n) is 23.1. The van der Waals surface area contributed by atoms with Crippen LogP contribution in [0.25, 0.3) is 5.69 Å². The molecule has 1 aliphatic heterocycles. The van der Waals surface area contributed by atoms with Crippen LogP contribution >= 0.6 is 0 Å². The van der Waals surface area contributed by atoms with Crippen LogP contribution in [0.1, 0.15) is 86.1 Å². The van der Waals surface area contributed by atoms with Gasteiger partial charge < -0.3 is 9.64 Å². The number of rotatable bonds is 7. The number of amides is 1. The largest absolute Gasteiger partial charge is 0.462 e. The molecule has 0 bridgehead atoms. The SMILES string of the molecule is CCOC(=O)c1cnn(-c2cccc(C3CCCN(C(=O)C(C)(C)C)C3)c2)c1CC1C[C@H]1c1cn(C)nn1. The van der Waals surface area contributed by atoms with Crippen molar-refractivity contribution in [1.29, 1.82) is 0 Å². The van der Waals surface area contributed by atoms with E-state index < -0.39 is 0 Å². The van der Waals surface area contributed by atoms with E-state index in [1.807, 2.05) is 62.7 Å². The molecule has 38 heavy (non-hydrogen) atoms. The third kappa shape index (κ3) is 5.37. The molecule has 0 radical (unpaired) electrons. The molecule has 3 aromatic rings. The number of aryl methyl sites for hydroxylation is 1. The van der Waals surface area contributed by atoms with E-state index in [1.54, 1.807) is 10.9 Å². The maximum absolute atomic E-state index is 12.9. The summed E-state index contributed by atoms with van der Waals surface area (Å²) in [4.78, 5) is 27.8. The molecular formula is C29H38N6O3. The van der Waals surface area contributed by atoms with E-state index >= 15 is 0 Å². The van der Waals surface area contributed by atoms with Crippen molar-refractivity contribution in [3.05, 3.63) is 59.2 Å². The van der Waals surface area contributed by atoms with Crippen LogP contribution in [0, 0.1) is 11.3 Å². The first-order valence-corrected chi connectivity index (χ1v) is 13.7. The van der Waals surface area contributed by atoms with Crippen LogP contribution in [0.3, 0.4) is 0 Å². The lowest BCUT2D eigenvalue weighted by atomic mass is 9.87. The van der Waals surface area contributed by atoms with Gasteiger partial charge in [0, 0.05) is 43.6 Å². The molecule has 5 rings (SSSR count). The lowest BCUT2D eigenvalue weighted by Gasteiger charge is -2.36. The third-order valence-electron chi connectivity index (χ3n) is 7.68. The molecule has 2 aliphatic rings. The van der Waals surface area contributed by atoms with E-state index in [1.165, 1.54) is 5.56 Å². The molecule has 3 atom stereocenters. The van der Waals surface area contributed by atoms with Crippen LogP contribution in [0.4, 0.5) is 0 Å². The Kier molecular flexibility index (Phi) is 7.11. The van der Waals surface area contributed by atoms with Crippen molar-refractivity contribution in [3.8, 4) is 5.69 Å². The Morgan fingerprint density at radius 1 is 1.21 bits per heavy atom. The molecule has 1 saturated carbocycles. The molecular weight excluding hydrogens is 480 g/mol. The van der Waals surface area contributed by atoms with Crippen molar-refractivity contribution in [2.75, 3.05) is 19.7 Å². The summed E-state index contributed by atoms with van der Waals surface area (Å²) in [6, 6.07) is 8.38. The van der Waals surface area contributed by atoms with Gasteiger partial charge in [-0.1, -0.05) is 38.1 Å². The van der Waals surface area contributed by atoms with Crippen LogP contribution in [0.15, 0.2) is 36.7 Å². The molecule has 3 heterocycles. The van der Waals surface area contributed by atoms with E-state index in [-0.39, 0.29) is 23.2 Å². The van der Waals surface area contributed by atoms with Crippen molar-refractivity contribution >= 4 is 11.9 Å². The molecule has 0 N–H and O–H groups in total. The zero-order valence-corrected chi connectivity index (χ0v) is 23.1. The first kappa shape index (κ1) is 26.1. The fraction of sp³-hybridized carbons (Fsp3) is 0.552. The maximum Gasteiger partial charge on any atom is 0.341 e. The van der Waals surface area contributed by atoms with Crippen LogP contribution < -0.4 is 0 Å². The van der Waals surface area contributed by atoms with Crippen molar-refractivity contribution in [2.45, 2.75) is 65.2 Å². The van der Waals surface area contributed by atoms with E-state index in [2.05, 4.69) is 27.5 Å². The maximum atomic E-state index is 12.9. The summed E-state index contributed by atoms with van der Waals surface area (Å²) in [5.41, 5.74) is 4.10. The molecule has 202 valence electrons. The van der Waals surface area contributed by atoms with Gasteiger partial charge in [0.15, 0.2) is 0 Å². The Labute approximate surface area is 224 Å². The van der Waals surface area contributed by atoms with Crippen LogP contribution in [-0.2, 0) is 23.0 Å². The number of piperidine rings is 1. The van der Waals surface area contributed by atoms with Gasteiger partial charge in [0.1, 0.15) is 5.56 Å². The van der Waals surface area contributed by atoms with Crippen molar-refractivity contribution in [1.82, 2.24) is 29.7 Å². The Morgan fingerprint density at radius 2 is 2.03 bits per heavy atom. The number of carbonyl (C=O) groups is 2. The molecule has 9 nitrogen and oxygen atoms in total. The quantitative estimate of drug-likeness (QED) is 0.434. The highest BCUT2D eigenvalue weighted by atomic mass is 16.5. The van der Waals surface area contributed by atoms with Crippen LogP contribution in [0.5, 0.6) is 0 Å². The number of carbonyl (C=O) groups excluding carboxylic acids is 2. The number of nitrogens with zero attached hydrogens (tertiary/aromatic N) is 6. The molecule has 2 unspecified atom stereocenters. The number of hydrogen-bond acceptors (Lipinski definition) is 6. The van der Waals surface area contributed by atoms with Crippen LogP contribution in [0.2, 0.25) is 0 Å². The fourth-order valence-corrected chi connectivity index (χ4v) is 5.61. The Hall–Kier alpha value is -3.49. The highest BCUT2D eigenvalue weighted by molar-refractivity contribution is 5.90. The fourth-order valence-electron chi connectivity index (χ4n) is 5.61. The van der Waals surface area contributed by atoms with E-state index in [0.717, 1.165) is 49.4 Å². The molecule has 9 heteroatoms. The van der Waals surface area contributed by atoms with Gasteiger partial charge in [-0.05, 0) is 56.2 Å². The second-order valence-electron chi connectivity index (χ2n) is 11.7. The normalized spacial score (nSPS) is 21.4. The van der Waals surface area contributed by atoms with Crippen molar-refractivity contribution in [3.63, 3.8) is 0 Å². The molecule has 1 aromatic carbocycles. The number of benzene rings is 1. The molecule has 1 aliphatic carbocycles. The number of hydrogen-bond donors (Lipinski definition) is 0. The van der Waals surface area contributed by atoms with Crippen molar-refractivity contribution in [2.24, 2.45) is 18.4 Å². The van der Waals surface area contributed by atoms with Gasteiger partial charge in [0.2, 0.25) is 5.91 Å². The molecule has 1 saturated heterocycles. The minimum absolute atomic E-state index is 0.203. The van der Waals surface area contributed by atoms with Gasteiger partial charge in [0.05, 0.1) is 29.9 Å². The summed E-state index contributed by atoms with van der Waals surface area (Å²) < 4.78 is 8.98. The van der Waals surface area contributed by atoms with Gasteiger partial charge >= 0.3 is 5.97 Å². The highest BCUT2D eigenvalue weighted by Crippen LogP contribution is 2.49. The molecule has 2 fully saturated rings. The average molecular weight is 519 g/mol. The van der Waals surface area contributed by atoms with E-state index in [0.29, 0.717) is 30.4 Å². The number of ether oxygens (including phenoxy) is 1. The predicted octanol–water partition coefficient (Wildman–Crippen LogP) is 4.28. The van der Waals surface area contributed by atoms with Gasteiger partial charge in [-0.25, -0.2) is 9.48 Å². The topological polar surface area (TPSA) is 95.1 Å². The van der Waals surface area contributed by atoms with Gasteiger partial charge in [-0.15, -0.1) is 5.10 Å². The van der Waals surface area contributed by atoms with Gasteiger partial charge in [-0.3, -0.25) is 9.48 Å². The second kappa shape index (κ2) is 10.3. The Bertz CT molecular complexity index is 1320. The average Bonchev–Trinajstić information content (AvgIpc) is 3.31. The lowest BCUT2D eigenvalue weighted by molar-refractivity contribution is -0.140. The van der Waals surface area contributed by atoms with Crippen LogP contribution in [-0.4, -0.2) is 61.2 Å². The first-order valence-electron chi connectivity index (χ1n) is 13.7. The summed E-state index contributed by atoms with van der Waals surface area (Å²) in [7, 11) is 1.87. The minimum atomic E-state index is -0.386. The Balaban J connectivity index is 1.41. The number of esters is 1. The summed E-state index contributed by atoms with van der Waals surface area (Å²) in [5.74, 6) is 0.831. The summed E-state index contributed by atoms with van der Waals surface area (Å²) in [6.45, 7) is 9.61. The smallest absolute Gasteiger partial charge is 0.341 e. The molecule has 0 spiro atoms. The highest BCUT2D eigenvalue weighted by Gasteiger charge is 2.42. The van der Waals surface area contributed by atoms with E-state index in [9.17, 15) is 9.59 Å². The van der Waals surface area contributed by atoms with Gasteiger partial charge in [0.25, 0.3) is 0 Å². The standard InChI is InChI=1S/C29H38N6O3/c1-6-38-27(36)24-16-30-35(26(24)15-21-14-23(21)25-18-33(5)32-31-25)22-11-7-9-19(13-22)20-10-8-12-34(17-20)28(37)29(2,3)4/h7,9,11,13,16,18,20-21,23H,6,8,10,12,14-15,17H2,1-5H3/t20?,21?,23-/m1/s1. The third-order valence-corrected chi connectivity index (χ3v) is 7.68. The number of aromatic nitrogens is 5. The van der Waals surface area contributed by atoms with E-state index in [4.69, 9.17) is 4.74 Å². The minimum Gasteiger partial charge on any atom is -0.462 e. The molecule has 1 amide bonds. The van der Waals surface area contributed by atoms with Crippen molar-refractivity contribution < 1.29 is 14.3 Å². The lowest BCUT2D eigenvalue weighted by Crippen LogP contribution is -2.44. The predicted molar refractivity (Wildman–Crippen MR) is 143 cm³/mol. The second-order valence-corrected chi connectivity index (χ2v) is 11.7. The summed E-state index contributed by atoms with van der Waals surface area (Å²) in [6.07, 6.45) is 7.34.